The van der Waals surface area contributed by atoms with Crippen LogP contribution in [0.3, 0.4) is 0 Å². The highest BCUT2D eigenvalue weighted by Crippen LogP contribution is 2.13. The number of hydrogen-bond acceptors (Lipinski definition) is 1. The molecule has 23 heavy (non-hydrogen) atoms. The molecule has 0 spiro atoms. The minimum absolute atomic E-state index is 0. The summed E-state index contributed by atoms with van der Waals surface area (Å²) in [6, 6.07) is 17.3. The van der Waals surface area contributed by atoms with Crippen LogP contribution in [0.25, 0.3) is 0 Å². The van der Waals surface area contributed by atoms with Gasteiger partial charge in [-0.25, -0.2) is 0 Å². The summed E-state index contributed by atoms with van der Waals surface area (Å²) >= 11 is 0. The molecule has 0 saturated carbocycles. The van der Waals surface area contributed by atoms with E-state index < -0.39 is 0 Å². The van der Waals surface area contributed by atoms with Crippen LogP contribution in [0.1, 0.15) is 35.3 Å². The zero-order valence-electron chi connectivity index (χ0n) is 14.7. The van der Waals surface area contributed by atoms with E-state index in [2.05, 4.69) is 21.1 Å². The Hall–Kier alpha value is -1.64. The largest absolute Gasteiger partial charge is 1.00 e. The zero-order valence-corrected chi connectivity index (χ0v) is 15.5. The summed E-state index contributed by atoms with van der Waals surface area (Å²) in [6.07, 6.45) is 2.00. The van der Waals surface area contributed by atoms with E-state index in [0.717, 1.165) is 22.2 Å². The molecular weight excluding hydrogens is 306 g/mol. The molecule has 0 N–H and O–H groups in total. The molecule has 1 radical (unpaired) electrons. The van der Waals surface area contributed by atoms with Crippen molar-refractivity contribution in [2.45, 2.75) is 20.4 Å². The molecule has 0 unspecified atom stereocenters. The molecule has 0 fully saturated rings. The average Bonchev–Trinajstić information content (AvgIpc) is 2.47. The first-order valence-corrected chi connectivity index (χ1v) is 7.60. The Kier molecular flexibility index (Phi) is 9.47. The van der Waals surface area contributed by atoms with Crippen molar-refractivity contribution in [1.29, 1.82) is 0 Å². The standard InChI is InChI=1S/C17H20NO.C3H7.ClH/c1-18(2,3)13-14-9-11-16(12-10-14)17(19)15-7-5-4-6-8-15;1-3-2;/h4-12H,13H2,1-3H3;3H,1-2H3;1H/q+1;;/p-1. The number of hydrogen-bond donors (Lipinski definition) is 0. The smallest absolute Gasteiger partial charge is 0.193 e. The lowest BCUT2D eigenvalue weighted by atomic mass is 10.0. The second-order valence-corrected chi connectivity index (χ2v) is 6.42. The molecule has 0 aromatic heterocycles. The van der Waals surface area contributed by atoms with Gasteiger partial charge < -0.3 is 16.9 Å². The summed E-state index contributed by atoms with van der Waals surface area (Å²) in [6.45, 7) is 4.96. The van der Waals surface area contributed by atoms with Crippen LogP contribution in [0.15, 0.2) is 54.6 Å². The SMILES string of the molecule is C[CH]C.C[N+](C)(C)Cc1ccc(C(=O)c2ccccc2)cc1.[Cl-]. The maximum atomic E-state index is 12.2. The maximum Gasteiger partial charge on any atom is 0.193 e. The van der Waals surface area contributed by atoms with Gasteiger partial charge in [-0.05, 0) is 6.42 Å². The van der Waals surface area contributed by atoms with Crippen molar-refractivity contribution in [3.05, 3.63) is 77.7 Å². The monoisotopic (exact) mass is 332 g/mol. The van der Waals surface area contributed by atoms with Crippen LogP contribution in [0.4, 0.5) is 0 Å². The van der Waals surface area contributed by atoms with Crippen molar-refractivity contribution < 1.29 is 21.7 Å². The summed E-state index contributed by atoms with van der Waals surface area (Å²) in [4.78, 5) is 12.2. The number of quaternary nitrogens is 1. The fraction of sp³-hybridized carbons (Fsp3) is 0.300. The highest BCUT2D eigenvalue weighted by Gasteiger charge is 2.11. The summed E-state index contributed by atoms with van der Waals surface area (Å²) in [5.41, 5.74) is 2.73. The molecule has 3 heteroatoms. The fourth-order valence-electron chi connectivity index (χ4n) is 2.07. The number of carbonyl (C=O) groups is 1. The zero-order chi connectivity index (χ0) is 16.6. The topological polar surface area (TPSA) is 17.1 Å². The predicted octanol–water partition coefficient (Wildman–Crippen LogP) is 1.36. The van der Waals surface area contributed by atoms with Gasteiger partial charge in [0.2, 0.25) is 0 Å². The molecule has 125 valence electrons. The second-order valence-electron chi connectivity index (χ2n) is 6.42. The molecule has 2 rings (SSSR count). The molecule has 0 aliphatic carbocycles. The van der Waals surface area contributed by atoms with Crippen LogP contribution < -0.4 is 12.4 Å². The first-order valence-electron chi connectivity index (χ1n) is 7.60. The Morgan fingerprint density at radius 3 is 1.74 bits per heavy atom. The van der Waals surface area contributed by atoms with Gasteiger partial charge in [-0.2, -0.15) is 0 Å². The van der Waals surface area contributed by atoms with E-state index in [1.165, 1.54) is 5.56 Å². The van der Waals surface area contributed by atoms with Gasteiger partial charge in [-0.3, -0.25) is 4.79 Å². The maximum absolute atomic E-state index is 12.2. The van der Waals surface area contributed by atoms with Gasteiger partial charge in [0.05, 0.1) is 21.1 Å². The summed E-state index contributed by atoms with van der Waals surface area (Å²) in [7, 11) is 6.47. The van der Waals surface area contributed by atoms with E-state index in [4.69, 9.17) is 0 Å². The Morgan fingerprint density at radius 1 is 0.870 bits per heavy atom. The third kappa shape index (κ3) is 7.96. The van der Waals surface area contributed by atoms with Crippen molar-refractivity contribution >= 4 is 5.78 Å². The minimum atomic E-state index is 0. The predicted molar refractivity (Wildman–Crippen MR) is 93.7 cm³/mol. The third-order valence-corrected chi connectivity index (χ3v) is 2.91. The molecule has 0 aliphatic heterocycles. The second kappa shape index (κ2) is 10.2. The Bertz CT molecular complexity index is 571. The lowest BCUT2D eigenvalue weighted by Crippen LogP contribution is -3.00. The van der Waals surface area contributed by atoms with E-state index in [9.17, 15) is 4.79 Å². The lowest BCUT2D eigenvalue weighted by Gasteiger charge is -2.23. The van der Waals surface area contributed by atoms with Gasteiger partial charge in [0.25, 0.3) is 0 Å². The lowest BCUT2D eigenvalue weighted by molar-refractivity contribution is -0.884. The number of rotatable bonds is 4. The molecule has 2 aromatic carbocycles. The van der Waals surface area contributed by atoms with Gasteiger partial charge in [0, 0.05) is 16.7 Å². The van der Waals surface area contributed by atoms with Crippen LogP contribution in [-0.4, -0.2) is 31.4 Å². The van der Waals surface area contributed by atoms with Gasteiger partial charge >= 0.3 is 0 Å². The normalized spacial score (nSPS) is 10.1. The molecular formula is C20H27ClNO. The van der Waals surface area contributed by atoms with Crippen molar-refractivity contribution in [1.82, 2.24) is 0 Å². The fourth-order valence-corrected chi connectivity index (χ4v) is 2.07. The molecule has 0 heterocycles. The van der Waals surface area contributed by atoms with Crippen molar-refractivity contribution in [3.63, 3.8) is 0 Å². The number of benzene rings is 2. The average molecular weight is 333 g/mol. The quantitative estimate of drug-likeness (QED) is 0.610. The molecule has 2 aromatic rings. The molecule has 0 saturated heterocycles. The van der Waals surface area contributed by atoms with Crippen LogP contribution in [0, 0.1) is 6.42 Å². The summed E-state index contributed by atoms with van der Waals surface area (Å²) in [5.74, 6) is 0.0809. The third-order valence-electron chi connectivity index (χ3n) is 2.91. The van der Waals surface area contributed by atoms with E-state index in [1.54, 1.807) is 0 Å². The minimum Gasteiger partial charge on any atom is -1.00 e. The molecule has 0 aliphatic rings. The molecule has 2 nitrogen and oxygen atoms in total. The molecule has 0 bridgehead atoms. The van der Waals surface area contributed by atoms with Crippen LogP contribution >= 0.6 is 0 Å². The van der Waals surface area contributed by atoms with Gasteiger partial charge in [0.15, 0.2) is 5.78 Å². The molecule has 0 amide bonds. The van der Waals surface area contributed by atoms with Crippen molar-refractivity contribution in [3.8, 4) is 0 Å². The summed E-state index contributed by atoms with van der Waals surface area (Å²) < 4.78 is 0.881. The van der Waals surface area contributed by atoms with Gasteiger partial charge in [-0.15, -0.1) is 0 Å². The van der Waals surface area contributed by atoms with Gasteiger partial charge in [-0.1, -0.05) is 68.4 Å². The van der Waals surface area contributed by atoms with E-state index >= 15 is 0 Å². The Balaban J connectivity index is 0.00000112. The van der Waals surface area contributed by atoms with Crippen LogP contribution in [-0.2, 0) is 6.54 Å². The van der Waals surface area contributed by atoms with E-state index in [0.29, 0.717) is 0 Å². The highest BCUT2D eigenvalue weighted by molar-refractivity contribution is 6.08. The Morgan fingerprint density at radius 2 is 1.30 bits per heavy atom. The highest BCUT2D eigenvalue weighted by atomic mass is 35.5. The number of ketones is 1. The van der Waals surface area contributed by atoms with Crippen LogP contribution in [0.2, 0.25) is 0 Å². The Labute approximate surface area is 147 Å². The summed E-state index contributed by atoms with van der Waals surface area (Å²) in [5, 5.41) is 0. The van der Waals surface area contributed by atoms with Gasteiger partial charge in [0.1, 0.15) is 6.54 Å². The van der Waals surface area contributed by atoms with Crippen molar-refractivity contribution in [2.24, 2.45) is 0 Å². The van der Waals surface area contributed by atoms with E-state index in [-0.39, 0.29) is 18.2 Å². The van der Waals surface area contributed by atoms with E-state index in [1.807, 2.05) is 74.9 Å². The first kappa shape index (κ1) is 21.4. The number of halogens is 1. The number of carbonyl (C=O) groups excluding carboxylic acids is 1. The number of nitrogens with zero attached hydrogens (tertiary/aromatic N) is 1. The molecule has 0 atom stereocenters. The first-order chi connectivity index (χ1) is 10.4. The van der Waals surface area contributed by atoms with Crippen LogP contribution in [0.5, 0.6) is 0 Å². The van der Waals surface area contributed by atoms with Crippen molar-refractivity contribution in [2.75, 3.05) is 21.1 Å².